The molecule has 4 N–H and O–H groups in total. The van der Waals surface area contributed by atoms with E-state index in [1.165, 1.54) is 0 Å². The molecule has 1 spiro atoms. The van der Waals surface area contributed by atoms with Gasteiger partial charge in [-0.2, -0.15) is 5.10 Å². The molecule has 3 atom stereocenters. The summed E-state index contributed by atoms with van der Waals surface area (Å²) in [7, 11) is -3.70. The lowest BCUT2D eigenvalue weighted by Gasteiger charge is -2.53. The van der Waals surface area contributed by atoms with Crippen LogP contribution in [0.2, 0.25) is 0 Å². The van der Waals surface area contributed by atoms with Crippen LogP contribution in [0.1, 0.15) is 75.0 Å². The Hall–Kier alpha value is -2.88. The zero-order valence-corrected chi connectivity index (χ0v) is 29.8. The maximum Gasteiger partial charge on any atom is 0.248 e. The van der Waals surface area contributed by atoms with Gasteiger partial charge in [0.05, 0.1) is 35.9 Å². The highest BCUT2D eigenvalue weighted by molar-refractivity contribution is 7.89. The van der Waals surface area contributed by atoms with Gasteiger partial charge in [0, 0.05) is 57.1 Å². The molecule has 2 aromatic rings. The second kappa shape index (κ2) is 15.3. The van der Waals surface area contributed by atoms with Crippen LogP contribution in [0.5, 0.6) is 0 Å². The molecule has 4 heterocycles. The number of sulfonamides is 1. The first-order valence-electron chi connectivity index (χ1n) is 17.4. The van der Waals surface area contributed by atoms with Crippen molar-refractivity contribution in [2.45, 2.75) is 88.9 Å². The van der Waals surface area contributed by atoms with Gasteiger partial charge in [-0.3, -0.25) is 24.5 Å². The van der Waals surface area contributed by atoms with E-state index in [9.17, 15) is 23.1 Å². The van der Waals surface area contributed by atoms with E-state index in [2.05, 4.69) is 37.0 Å². The predicted octanol–water partition coefficient (Wildman–Crippen LogP) is 1.71. The van der Waals surface area contributed by atoms with Crippen molar-refractivity contribution in [2.75, 3.05) is 59.0 Å². The molecule has 3 fully saturated rings. The second-order valence-electron chi connectivity index (χ2n) is 13.8. The summed E-state index contributed by atoms with van der Waals surface area (Å²) in [6.45, 7) is 15.0. The average Bonchev–Trinajstić information content (AvgIpc) is 3.40. The van der Waals surface area contributed by atoms with Crippen molar-refractivity contribution in [1.29, 1.82) is 0 Å². The molecule has 0 aliphatic carbocycles. The van der Waals surface area contributed by atoms with Crippen LogP contribution in [-0.2, 0) is 24.3 Å². The summed E-state index contributed by atoms with van der Waals surface area (Å²) in [5.41, 5.74) is 2.70. The number of aryl methyl sites for hydroxylation is 2. The van der Waals surface area contributed by atoms with E-state index in [0.717, 1.165) is 48.4 Å². The number of H-pyrrole nitrogens is 1. The van der Waals surface area contributed by atoms with E-state index in [0.29, 0.717) is 58.8 Å². The van der Waals surface area contributed by atoms with Crippen molar-refractivity contribution in [3.05, 3.63) is 46.8 Å². The molecule has 5 rings (SSSR count). The zero-order valence-electron chi connectivity index (χ0n) is 29.0. The van der Waals surface area contributed by atoms with E-state index >= 15 is 0 Å². The molecule has 14 heteroatoms. The molecular formula is C34H53N7O6S. The van der Waals surface area contributed by atoms with E-state index in [1.807, 2.05) is 39.8 Å². The number of carbonyl (C=O) groups excluding carboxylic acids is 2. The van der Waals surface area contributed by atoms with Gasteiger partial charge >= 0.3 is 0 Å². The Balaban J connectivity index is 1.36. The van der Waals surface area contributed by atoms with E-state index in [4.69, 9.17) is 4.74 Å². The highest BCUT2D eigenvalue weighted by Crippen LogP contribution is 2.40. The maximum atomic E-state index is 13.9. The van der Waals surface area contributed by atoms with Gasteiger partial charge in [-0.25, -0.2) is 13.1 Å². The van der Waals surface area contributed by atoms with Gasteiger partial charge in [-0.05, 0) is 56.7 Å². The van der Waals surface area contributed by atoms with Crippen LogP contribution < -0.4 is 10.0 Å². The number of unbranched alkanes of at least 4 members (excludes halogenated alkanes) is 1. The number of hydrogen-bond acceptors (Lipinski definition) is 9. The standard InChI is InChI=1S/C34H53N7O6S/c1-6-7-15-41-32(43)29(31(42)23(2)3)36-33(44)34(41)12-16-40(17-13-34)30(28-24(4)37-38-25(28)5)26-8-10-27(11-9-26)48(45,46)35-14-18-39-19-21-47-22-20-39/h8-11,23,29-31,35,42H,6-7,12-22H2,1-5H3,(H,36,44)(H,37,38)/t29-,30?,31-/m1/s1. The van der Waals surface area contributed by atoms with Crippen molar-refractivity contribution in [2.24, 2.45) is 5.92 Å². The minimum Gasteiger partial charge on any atom is -0.390 e. The van der Waals surface area contributed by atoms with Crippen LogP contribution in [0.3, 0.4) is 0 Å². The summed E-state index contributed by atoms with van der Waals surface area (Å²) in [6.07, 6.45) is 1.55. The Morgan fingerprint density at radius 2 is 1.73 bits per heavy atom. The van der Waals surface area contributed by atoms with Crippen molar-refractivity contribution < 1.29 is 27.9 Å². The smallest absolute Gasteiger partial charge is 0.248 e. The number of hydrogen-bond donors (Lipinski definition) is 4. The molecule has 3 aliphatic rings. The number of aromatic amines is 1. The normalized spacial score (nSPS) is 22.3. The van der Waals surface area contributed by atoms with Gasteiger partial charge in [0.25, 0.3) is 0 Å². The first-order chi connectivity index (χ1) is 22.9. The predicted molar refractivity (Wildman–Crippen MR) is 182 cm³/mol. The highest BCUT2D eigenvalue weighted by atomic mass is 32.2. The lowest BCUT2D eigenvalue weighted by molar-refractivity contribution is -0.165. The summed E-state index contributed by atoms with van der Waals surface area (Å²) in [5, 5.41) is 21.3. The molecule has 266 valence electrons. The quantitative estimate of drug-likeness (QED) is 0.246. The molecule has 48 heavy (non-hydrogen) atoms. The van der Waals surface area contributed by atoms with Gasteiger partial charge < -0.3 is 20.1 Å². The fraction of sp³-hybridized carbons (Fsp3) is 0.676. The first kappa shape index (κ1) is 36.4. The van der Waals surface area contributed by atoms with Crippen LogP contribution in [0.15, 0.2) is 29.2 Å². The number of piperidine rings is 1. The average molecular weight is 688 g/mol. The minimum atomic E-state index is -3.70. The monoisotopic (exact) mass is 687 g/mol. The van der Waals surface area contributed by atoms with Gasteiger partial charge in [0.2, 0.25) is 21.8 Å². The fourth-order valence-electron chi connectivity index (χ4n) is 7.34. The zero-order chi connectivity index (χ0) is 34.6. The van der Waals surface area contributed by atoms with Gasteiger partial charge in [-0.15, -0.1) is 0 Å². The van der Waals surface area contributed by atoms with Crippen LogP contribution in [0, 0.1) is 19.8 Å². The fourth-order valence-corrected chi connectivity index (χ4v) is 8.36. The third kappa shape index (κ3) is 7.48. The molecular weight excluding hydrogens is 634 g/mol. The van der Waals surface area contributed by atoms with Gasteiger partial charge in [0.1, 0.15) is 11.6 Å². The molecule has 1 aromatic heterocycles. The molecule has 0 bridgehead atoms. The molecule has 3 aliphatic heterocycles. The molecule has 1 unspecified atom stereocenters. The van der Waals surface area contributed by atoms with Crippen LogP contribution in [-0.4, -0.2) is 127 Å². The largest absolute Gasteiger partial charge is 0.390 e. The molecule has 2 amide bonds. The number of aliphatic hydroxyl groups is 1. The summed E-state index contributed by atoms with van der Waals surface area (Å²) in [6, 6.07) is 5.82. The van der Waals surface area contributed by atoms with Crippen molar-refractivity contribution >= 4 is 21.8 Å². The number of nitrogens with zero attached hydrogens (tertiary/aromatic N) is 4. The number of aromatic nitrogens is 2. The number of likely N-dealkylation sites (tertiary alicyclic amines) is 1. The number of amides is 2. The van der Waals surface area contributed by atoms with Crippen LogP contribution >= 0.6 is 0 Å². The van der Waals surface area contributed by atoms with E-state index in [1.54, 1.807) is 17.0 Å². The number of piperazine rings is 1. The number of carbonyl (C=O) groups is 2. The summed E-state index contributed by atoms with van der Waals surface area (Å²) in [4.78, 5) is 34.1. The van der Waals surface area contributed by atoms with Crippen molar-refractivity contribution in [3.8, 4) is 0 Å². The Bertz CT molecular complexity index is 1500. The van der Waals surface area contributed by atoms with Gasteiger partial charge in [0.15, 0.2) is 0 Å². The maximum absolute atomic E-state index is 13.9. The SMILES string of the molecule is CCCCN1C(=O)[C@@H]([C@H](O)C(C)C)NC(=O)C12CCN(C(c1ccc(S(=O)(=O)NCCN3CCOCC3)cc1)c1c(C)n[nH]c1C)CC2. The highest BCUT2D eigenvalue weighted by Gasteiger charge is 2.55. The lowest BCUT2D eigenvalue weighted by atomic mass is 9.79. The minimum absolute atomic E-state index is 0.183. The topological polar surface area (TPSA) is 160 Å². The molecule has 0 saturated carbocycles. The third-order valence-corrected chi connectivity index (χ3v) is 11.8. The Labute approximate surface area is 284 Å². The van der Waals surface area contributed by atoms with Crippen LogP contribution in [0.4, 0.5) is 0 Å². The lowest BCUT2D eigenvalue weighted by Crippen LogP contribution is -2.75. The second-order valence-corrected chi connectivity index (χ2v) is 15.5. The summed E-state index contributed by atoms with van der Waals surface area (Å²) < 4.78 is 34.4. The number of nitrogens with one attached hydrogen (secondary N) is 3. The first-order valence-corrected chi connectivity index (χ1v) is 18.8. The number of ether oxygens (including phenoxy) is 1. The van der Waals surface area contributed by atoms with Crippen molar-refractivity contribution in [3.63, 3.8) is 0 Å². The van der Waals surface area contributed by atoms with Gasteiger partial charge in [-0.1, -0.05) is 39.3 Å². The van der Waals surface area contributed by atoms with E-state index < -0.39 is 27.7 Å². The third-order valence-electron chi connectivity index (χ3n) is 10.3. The Morgan fingerprint density at radius 1 is 1.06 bits per heavy atom. The molecule has 1 aromatic carbocycles. The van der Waals surface area contributed by atoms with Crippen LogP contribution in [0.25, 0.3) is 0 Å². The number of aliphatic hydroxyl groups excluding tert-OH is 1. The summed E-state index contributed by atoms with van der Waals surface area (Å²) in [5.74, 6) is -0.603. The molecule has 13 nitrogen and oxygen atoms in total. The Morgan fingerprint density at radius 3 is 2.31 bits per heavy atom. The molecule has 3 saturated heterocycles. The summed E-state index contributed by atoms with van der Waals surface area (Å²) >= 11 is 0. The number of morpholine rings is 1. The number of benzene rings is 1. The van der Waals surface area contributed by atoms with E-state index in [-0.39, 0.29) is 28.7 Å². The Kier molecular flexibility index (Phi) is 11.6. The van der Waals surface area contributed by atoms with Crippen molar-refractivity contribution in [1.82, 2.24) is 34.9 Å². The number of rotatable bonds is 13. The molecule has 0 radical (unpaired) electrons.